The molecule has 1 saturated heterocycles. The number of nitrogens with zero attached hydrogens (tertiary/aromatic N) is 6. The van der Waals surface area contributed by atoms with Gasteiger partial charge in [0.1, 0.15) is 17.6 Å². The summed E-state index contributed by atoms with van der Waals surface area (Å²) >= 11 is 7.86. The Hall–Kier alpha value is -2.77. The number of aromatic nitrogens is 3. The SMILES string of the molecule is CC.CC(C)SON1CCN(c2nc(-c3ccncc3Cl)c(-c3ccc(F)cc3)nc2C#N)CC1. The Morgan fingerprint density at radius 2 is 1.74 bits per heavy atom. The maximum absolute atomic E-state index is 13.5. The summed E-state index contributed by atoms with van der Waals surface area (Å²) in [7, 11) is 0. The lowest BCUT2D eigenvalue weighted by Crippen LogP contribution is -2.46. The van der Waals surface area contributed by atoms with E-state index in [9.17, 15) is 9.65 Å². The number of piperazine rings is 1. The Balaban J connectivity index is 0.00000167. The normalized spacial score (nSPS) is 13.8. The van der Waals surface area contributed by atoms with Gasteiger partial charge in [-0.25, -0.2) is 18.6 Å². The van der Waals surface area contributed by atoms with Gasteiger partial charge in [0.15, 0.2) is 11.5 Å². The van der Waals surface area contributed by atoms with Crippen LogP contribution in [-0.4, -0.2) is 51.4 Å². The van der Waals surface area contributed by atoms with Gasteiger partial charge in [-0.2, -0.15) is 10.3 Å². The molecular formula is C25H28ClFN6OS. The molecule has 35 heavy (non-hydrogen) atoms. The van der Waals surface area contributed by atoms with E-state index in [1.165, 1.54) is 30.4 Å². The topological polar surface area (TPSA) is 78.2 Å². The number of hydrogen-bond acceptors (Lipinski definition) is 8. The zero-order valence-corrected chi connectivity index (χ0v) is 21.8. The van der Waals surface area contributed by atoms with Crippen molar-refractivity contribution >= 4 is 29.5 Å². The molecule has 0 amide bonds. The maximum atomic E-state index is 13.5. The van der Waals surface area contributed by atoms with E-state index in [2.05, 4.69) is 29.9 Å². The molecule has 1 aromatic carbocycles. The molecule has 184 valence electrons. The van der Waals surface area contributed by atoms with Crippen LogP contribution in [0.3, 0.4) is 0 Å². The summed E-state index contributed by atoms with van der Waals surface area (Å²) in [6, 6.07) is 9.86. The van der Waals surface area contributed by atoms with Gasteiger partial charge in [0.25, 0.3) is 0 Å². The van der Waals surface area contributed by atoms with Crippen molar-refractivity contribution in [3.63, 3.8) is 0 Å². The molecule has 0 atom stereocenters. The van der Waals surface area contributed by atoms with Gasteiger partial charge in [-0.05, 0) is 30.3 Å². The van der Waals surface area contributed by atoms with E-state index in [0.717, 1.165) is 0 Å². The van der Waals surface area contributed by atoms with Crippen molar-refractivity contribution in [3.05, 3.63) is 59.3 Å². The average Bonchev–Trinajstić information content (AvgIpc) is 2.89. The van der Waals surface area contributed by atoms with E-state index in [1.54, 1.807) is 24.4 Å². The lowest BCUT2D eigenvalue weighted by atomic mass is 10.0. The first-order chi connectivity index (χ1) is 17.0. The van der Waals surface area contributed by atoms with E-state index in [-0.39, 0.29) is 11.5 Å². The van der Waals surface area contributed by atoms with E-state index >= 15 is 0 Å². The van der Waals surface area contributed by atoms with Crippen LogP contribution in [-0.2, 0) is 4.28 Å². The number of nitriles is 1. The molecule has 0 spiro atoms. The van der Waals surface area contributed by atoms with Crippen LogP contribution in [0.15, 0.2) is 42.7 Å². The van der Waals surface area contributed by atoms with Crippen molar-refractivity contribution in [1.29, 1.82) is 5.26 Å². The zero-order valence-electron chi connectivity index (χ0n) is 20.2. The summed E-state index contributed by atoms with van der Waals surface area (Å²) in [5, 5.41) is 12.6. The van der Waals surface area contributed by atoms with Crippen LogP contribution in [0, 0.1) is 17.1 Å². The van der Waals surface area contributed by atoms with Crippen LogP contribution in [0.1, 0.15) is 33.4 Å². The largest absolute Gasteiger partial charge is 0.351 e. The molecule has 0 N–H and O–H groups in total. The fourth-order valence-corrected chi connectivity index (χ4v) is 4.06. The van der Waals surface area contributed by atoms with Crippen LogP contribution >= 0.6 is 23.6 Å². The monoisotopic (exact) mass is 514 g/mol. The second-order valence-electron chi connectivity index (χ2n) is 7.70. The predicted octanol–water partition coefficient (Wildman–Crippen LogP) is 6.01. The summed E-state index contributed by atoms with van der Waals surface area (Å²) < 4.78 is 19.3. The molecule has 0 unspecified atom stereocenters. The van der Waals surface area contributed by atoms with E-state index < -0.39 is 0 Å². The van der Waals surface area contributed by atoms with E-state index in [1.807, 2.05) is 23.8 Å². The number of anilines is 1. The fourth-order valence-electron chi connectivity index (χ4n) is 3.41. The second-order valence-corrected chi connectivity index (χ2v) is 9.39. The summed E-state index contributed by atoms with van der Waals surface area (Å²) in [4.78, 5) is 15.6. The highest BCUT2D eigenvalue weighted by molar-refractivity contribution is 7.95. The predicted molar refractivity (Wildman–Crippen MR) is 139 cm³/mol. The van der Waals surface area contributed by atoms with Crippen molar-refractivity contribution in [3.8, 4) is 28.6 Å². The highest BCUT2D eigenvalue weighted by atomic mass is 35.5. The second kappa shape index (κ2) is 12.8. The van der Waals surface area contributed by atoms with Gasteiger partial charge >= 0.3 is 0 Å². The molecule has 0 aliphatic carbocycles. The third-order valence-electron chi connectivity index (χ3n) is 5.01. The Morgan fingerprint density at radius 1 is 1.06 bits per heavy atom. The summed E-state index contributed by atoms with van der Waals surface area (Å²) in [6.45, 7) is 10.7. The minimum absolute atomic E-state index is 0.203. The quantitative estimate of drug-likeness (QED) is 0.370. The first kappa shape index (κ1) is 26.8. The number of rotatable bonds is 6. The summed E-state index contributed by atoms with van der Waals surface area (Å²) in [5.41, 5.74) is 2.45. The number of halogens is 2. The van der Waals surface area contributed by atoms with Crippen LogP contribution in [0.4, 0.5) is 10.2 Å². The first-order valence-corrected chi connectivity index (χ1v) is 12.7. The molecule has 1 aliphatic heterocycles. The third kappa shape index (κ3) is 6.67. The van der Waals surface area contributed by atoms with Gasteiger partial charge in [0.2, 0.25) is 0 Å². The summed E-state index contributed by atoms with van der Waals surface area (Å²) in [5.74, 6) is 0.130. The number of benzene rings is 1. The standard InChI is InChI=1S/C23H22ClFN6OS.C2H6/c1-15(2)33-32-31-11-9-30(10-12-31)23-20(13-26)28-21(16-3-5-17(25)6-4-16)22(29-23)18-7-8-27-14-19(18)24;1-2/h3-8,14-15H,9-12H2,1-2H3;1-2H3. The molecule has 1 aliphatic rings. The molecule has 0 radical (unpaired) electrons. The van der Waals surface area contributed by atoms with Crippen LogP contribution in [0.25, 0.3) is 22.5 Å². The molecule has 3 heterocycles. The molecule has 4 rings (SSSR count). The Morgan fingerprint density at radius 3 is 2.34 bits per heavy atom. The van der Waals surface area contributed by atoms with Crippen molar-refractivity contribution in [2.24, 2.45) is 0 Å². The molecule has 10 heteroatoms. The average molecular weight is 515 g/mol. The lowest BCUT2D eigenvalue weighted by molar-refractivity contribution is -0.0419. The Kier molecular flexibility index (Phi) is 9.81. The number of hydroxylamine groups is 2. The van der Waals surface area contributed by atoms with Gasteiger partial charge in [0, 0.05) is 67.0 Å². The smallest absolute Gasteiger partial charge is 0.183 e. The molecule has 3 aromatic rings. The van der Waals surface area contributed by atoms with Crippen molar-refractivity contribution in [2.75, 3.05) is 31.1 Å². The minimum atomic E-state index is -0.358. The van der Waals surface area contributed by atoms with Gasteiger partial charge in [0.05, 0.1) is 10.7 Å². The highest BCUT2D eigenvalue weighted by Crippen LogP contribution is 2.35. The highest BCUT2D eigenvalue weighted by Gasteiger charge is 2.25. The maximum Gasteiger partial charge on any atom is 0.183 e. The number of pyridine rings is 1. The molecule has 2 aromatic heterocycles. The van der Waals surface area contributed by atoms with Crippen LogP contribution < -0.4 is 4.90 Å². The Labute approximate surface area is 215 Å². The molecular weight excluding hydrogens is 487 g/mol. The summed E-state index contributed by atoms with van der Waals surface area (Å²) in [6.07, 6.45) is 3.16. The van der Waals surface area contributed by atoms with Crippen molar-refractivity contribution < 1.29 is 8.67 Å². The van der Waals surface area contributed by atoms with Crippen molar-refractivity contribution in [1.82, 2.24) is 20.0 Å². The lowest BCUT2D eigenvalue weighted by Gasteiger charge is -2.34. The van der Waals surface area contributed by atoms with Gasteiger partial charge in [-0.15, -0.1) is 0 Å². The first-order valence-electron chi connectivity index (χ1n) is 11.5. The number of hydrogen-bond donors (Lipinski definition) is 0. The van der Waals surface area contributed by atoms with Gasteiger partial charge < -0.3 is 4.90 Å². The third-order valence-corrected chi connectivity index (χ3v) is 5.99. The molecule has 1 fully saturated rings. The van der Waals surface area contributed by atoms with Crippen LogP contribution in [0.2, 0.25) is 5.02 Å². The zero-order chi connectivity index (χ0) is 25.4. The van der Waals surface area contributed by atoms with Gasteiger partial charge in [-0.1, -0.05) is 39.3 Å². The van der Waals surface area contributed by atoms with E-state index in [4.69, 9.17) is 20.9 Å². The minimum Gasteiger partial charge on any atom is -0.351 e. The van der Waals surface area contributed by atoms with Gasteiger partial charge in [-0.3, -0.25) is 4.98 Å². The Bertz CT molecular complexity index is 1160. The molecule has 0 saturated carbocycles. The van der Waals surface area contributed by atoms with Crippen LogP contribution in [0.5, 0.6) is 0 Å². The fraction of sp³-hybridized carbons (Fsp3) is 0.360. The van der Waals surface area contributed by atoms with E-state index in [0.29, 0.717) is 64.8 Å². The molecule has 7 nitrogen and oxygen atoms in total. The van der Waals surface area contributed by atoms with Crippen molar-refractivity contribution in [2.45, 2.75) is 32.9 Å². The molecule has 0 bridgehead atoms.